The van der Waals surface area contributed by atoms with E-state index in [4.69, 9.17) is 4.98 Å². The third-order valence-corrected chi connectivity index (χ3v) is 4.17. The lowest BCUT2D eigenvalue weighted by molar-refractivity contribution is 0.270. The van der Waals surface area contributed by atoms with Crippen LogP contribution in [0.25, 0.3) is 5.95 Å². The number of aromatic nitrogens is 4. The van der Waals surface area contributed by atoms with Crippen molar-refractivity contribution >= 4 is 5.82 Å². The van der Waals surface area contributed by atoms with Crippen molar-refractivity contribution < 1.29 is 0 Å². The van der Waals surface area contributed by atoms with Crippen molar-refractivity contribution in [3.05, 3.63) is 29.2 Å². The third-order valence-electron chi connectivity index (χ3n) is 4.17. The van der Waals surface area contributed by atoms with E-state index < -0.39 is 0 Å². The number of anilines is 1. The van der Waals surface area contributed by atoms with Crippen LogP contribution in [0.3, 0.4) is 0 Å². The number of piperazine rings is 1. The molecule has 0 unspecified atom stereocenters. The zero-order chi connectivity index (χ0) is 15.7. The minimum absolute atomic E-state index is 0.665. The van der Waals surface area contributed by atoms with Crippen molar-refractivity contribution in [3.63, 3.8) is 0 Å². The Labute approximate surface area is 131 Å². The molecule has 0 radical (unpaired) electrons. The van der Waals surface area contributed by atoms with Gasteiger partial charge in [-0.3, -0.25) is 0 Å². The first-order valence-electron chi connectivity index (χ1n) is 7.93. The van der Waals surface area contributed by atoms with E-state index in [1.54, 1.807) is 0 Å². The number of aryl methyl sites for hydroxylation is 3. The summed E-state index contributed by atoms with van der Waals surface area (Å²) in [6, 6.07) is 4.11. The molecule has 3 rings (SSSR count). The van der Waals surface area contributed by atoms with Crippen LogP contribution in [0.5, 0.6) is 0 Å². The zero-order valence-corrected chi connectivity index (χ0v) is 13.9. The Morgan fingerprint density at radius 1 is 0.955 bits per heavy atom. The fourth-order valence-electron chi connectivity index (χ4n) is 2.92. The summed E-state index contributed by atoms with van der Waals surface area (Å²) in [6.45, 7) is 13.6. The standard InChI is InChI=1S/C16H24N6/c1-5-20-6-8-21(9-7-20)15-11-12(2)17-16(18-15)22-14(4)10-13(3)19-22/h10-11H,5-9H2,1-4H3. The molecule has 1 aliphatic heterocycles. The summed E-state index contributed by atoms with van der Waals surface area (Å²) in [6.07, 6.45) is 0. The summed E-state index contributed by atoms with van der Waals surface area (Å²) in [7, 11) is 0. The average Bonchev–Trinajstić information content (AvgIpc) is 2.85. The van der Waals surface area contributed by atoms with E-state index in [1.165, 1.54) is 0 Å². The molecule has 0 saturated carbocycles. The second-order valence-electron chi connectivity index (χ2n) is 5.93. The SMILES string of the molecule is CCN1CCN(c2cc(C)nc(-n3nc(C)cc3C)n2)CC1. The molecule has 0 aliphatic carbocycles. The van der Waals surface area contributed by atoms with Crippen molar-refractivity contribution in [3.8, 4) is 5.95 Å². The molecule has 0 amide bonds. The van der Waals surface area contributed by atoms with E-state index in [1.807, 2.05) is 31.5 Å². The molecular weight excluding hydrogens is 276 g/mol. The van der Waals surface area contributed by atoms with Gasteiger partial charge in [-0.1, -0.05) is 6.92 Å². The van der Waals surface area contributed by atoms with E-state index in [2.05, 4.69) is 32.9 Å². The summed E-state index contributed by atoms with van der Waals surface area (Å²) in [5.41, 5.74) is 3.02. The average molecular weight is 300 g/mol. The lowest BCUT2D eigenvalue weighted by Gasteiger charge is -2.34. The highest BCUT2D eigenvalue weighted by atomic mass is 15.4. The van der Waals surface area contributed by atoms with Gasteiger partial charge < -0.3 is 9.80 Å². The van der Waals surface area contributed by atoms with Gasteiger partial charge in [0.15, 0.2) is 0 Å². The van der Waals surface area contributed by atoms with Crippen LogP contribution < -0.4 is 4.90 Å². The number of hydrogen-bond acceptors (Lipinski definition) is 5. The summed E-state index contributed by atoms with van der Waals surface area (Å²) < 4.78 is 1.83. The van der Waals surface area contributed by atoms with Crippen molar-refractivity contribution in [1.29, 1.82) is 0 Å². The highest BCUT2D eigenvalue weighted by Gasteiger charge is 2.18. The third kappa shape index (κ3) is 2.97. The van der Waals surface area contributed by atoms with Crippen LogP contribution in [0.1, 0.15) is 24.0 Å². The predicted molar refractivity (Wildman–Crippen MR) is 87.7 cm³/mol. The summed E-state index contributed by atoms with van der Waals surface area (Å²) >= 11 is 0. The highest BCUT2D eigenvalue weighted by Crippen LogP contribution is 2.17. The monoisotopic (exact) mass is 300 g/mol. The van der Waals surface area contributed by atoms with Gasteiger partial charge in [0, 0.05) is 43.6 Å². The molecule has 3 heterocycles. The topological polar surface area (TPSA) is 50.1 Å². The second kappa shape index (κ2) is 6.04. The van der Waals surface area contributed by atoms with Crippen LogP contribution in [-0.4, -0.2) is 57.4 Å². The second-order valence-corrected chi connectivity index (χ2v) is 5.93. The van der Waals surface area contributed by atoms with Crippen LogP contribution in [0.15, 0.2) is 12.1 Å². The minimum Gasteiger partial charge on any atom is -0.354 e. The van der Waals surface area contributed by atoms with Gasteiger partial charge in [0.25, 0.3) is 5.95 Å². The lowest BCUT2D eigenvalue weighted by Crippen LogP contribution is -2.46. The summed E-state index contributed by atoms with van der Waals surface area (Å²) in [5, 5.41) is 4.50. The molecule has 1 saturated heterocycles. The van der Waals surface area contributed by atoms with E-state index in [0.29, 0.717) is 5.95 Å². The molecule has 6 heteroatoms. The van der Waals surface area contributed by atoms with Crippen molar-refractivity contribution in [2.45, 2.75) is 27.7 Å². The molecule has 0 atom stereocenters. The smallest absolute Gasteiger partial charge is 0.252 e. The van der Waals surface area contributed by atoms with Gasteiger partial charge >= 0.3 is 0 Å². The maximum absolute atomic E-state index is 4.75. The molecule has 22 heavy (non-hydrogen) atoms. The van der Waals surface area contributed by atoms with Crippen LogP contribution in [0, 0.1) is 20.8 Å². The Kier molecular flexibility index (Phi) is 4.11. The van der Waals surface area contributed by atoms with E-state index in [-0.39, 0.29) is 0 Å². The lowest BCUT2D eigenvalue weighted by atomic mass is 10.3. The Morgan fingerprint density at radius 2 is 1.68 bits per heavy atom. The van der Waals surface area contributed by atoms with Gasteiger partial charge in [-0.25, -0.2) is 9.67 Å². The number of likely N-dealkylation sites (N-methyl/N-ethyl adjacent to an activating group) is 1. The van der Waals surface area contributed by atoms with Gasteiger partial charge in [0.1, 0.15) is 5.82 Å². The van der Waals surface area contributed by atoms with E-state index in [9.17, 15) is 0 Å². The predicted octanol–water partition coefficient (Wildman–Crippen LogP) is 1.73. The number of nitrogens with zero attached hydrogens (tertiary/aromatic N) is 6. The summed E-state index contributed by atoms with van der Waals surface area (Å²) in [5.74, 6) is 1.67. The fraction of sp³-hybridized carbons (Fsp3) is 0.562. The van der Waals surface area contributed by atoms with Crippen LogP contribution in [-0.2, 0) is 0 Å². The first-order valence-corrected chi connectivity index (χ1v) is 7.93. The molecular formula is C16H24N6. The minimum atomic E-state index is 0.665. The number of hydrogen-bond donors (Lipinski definition) is 0. The maximum Gasteiger partial charge on any atom is 0.252 e. The Hall–Kier alpha value is -1.95. The zero-order valence-electron chi connectivity index (χ0n) is 13.9. The van der Waals surface area contributed by atoms with Crippen molar-refractivity contribution in [2.24, 2.45) is 0 Å². The molecule has 118 valence electrons. The molecule has 6 nitrogen and oxygen atoms in total. The van der Waals surface area contributed by atoms with E-state index in [0.717, 1.165) is 55.6 Å². The quantitative estimate of drug-likeness (QED) is 0.864. The van der Waals surface area contributed by atoms with Gasteiger partial charge in [0.2, 0.25) is 0 Å². The molecule has 2 aromatic rings. The first-order chi connectivity index (χ1) is 10.6. The normalized spacial score (nSPS) is 16.3. The van der Waals surface area contributed by atoms with Gasteiger partial charge in [-0.2, -0.15) is 10.1 Å². The van der Waals surface area contributed by atoms with Crippen molar-refractivity contribution in [1.82, 2.24) is 24.6 Å². The molecule has 0 spiro atoms. The largest absolute Gasteiger partial charge is 0.354 e. The van der Waals surface area contributed by atoms with Crippen LogP contribution in [0.4, 0.5) is 5.82 Å². The molecule has 0 aromatic carbocycles. The fourth-order valence-corrected chi connectivity index (χ4v) is 2.92. The Bertz CT molecular complexity index is 655. The maximum atomic E-state index is 4.75. The van der Waals surface area contributed by atoms with Crippen molar-refractivity contribution in [2.75, 3.05) is 37.6 Å². The van der Waals surface area contributed by atoms with Gasteiger partial charge in [0.05, 0.1) is 5.69 Å². The first kappa shape index (κ1) is 15.0. The van der Waals surface area contributed by atoms with Crippen LogP contribution >= 0.6 is 0 Å². The van der Waals surface area contributed by atoms with Gasteiger partial charge in [-0.15, -0.1) is 0 Å². The molecule has 0 N–H and O–H groups in total. The Morgan fingerprint density at radius 3 is 2.27 bits per heavy atom. The van der Waals surface area contributed by atoms with Crippen LogP contribution in [0.2, 0.25) is 0 Å². The van der Waals surface area contributed by atoms with E-state index >= 15 is 0 Å². The highest BCUT2D eigenvalue weighted by molar-refractivity contribution is 5.42. The number of rotatable bonds is 3. The Balaban J connectivity index is 1.89. The molecule has 0 bridgehead atoms. The molecule has 1 aliphatic rings. The summed E-state index contributed by atoms with van der Waals surface area (Å²) in [4.78, 5) is 14.1. The molecule has 2 aromatic heterocycles. The van der Waals surface area contributed by atoms with Gasteiger partial charge in [-0.05, 0) is 33.4 Å². The molecule has 1 fully saturated rings.